The summed E-state index contributed by atoms with van der Waals surface area (Å²) in [6.45, 7) is 6.13. The highest BCUT2D eigenvalue weighted by atomic mass is 16.5. The van der Waals surface area contributed by atoms with Gasteiger partial charge < -0.3 is 4.52 Å². The second-order valence-corrected chi connectivity index (χ2v) is 3.61. The monoisotopic (exact) mass is 187 g/mol. The Morgan fingerprint density at radius 3 is 2.43 bits per heavy atom. The molecule has 0 aliphatic rings. The molecule has 0 unspecified atom stereocenters. The molecule has 0 radical (unpaired) electrons. The van der Waals surface area contributed by atoms with Crippen LogP contribution in [-0.2, 0) is 0 Å². The molecular formula is C12H13NO. The van der Waals surface area contributed by atoms with Crippen LogP contribution in [0.15, 0.2) is 28.9 Å². The van der Waals surface area contributed by atoms with Gasteiger partial charge in [-0.15, -0.1) is 0 Å². The average Bonchev–Trinajstić information content (AvgIpc) is 2.52. The Morgan fingerprint density at radius 1 is 1.07 bits per heavy atom. The second-order valence-electron chi connectivity index (χ2n) is 3.61. The molecule has 0 saturated heterocycles. The van der Waals surface area contributed by atoms with Gasteiger partial charge in [-0.1, -0.05) is 28.9 Å². The Bertz CT molecular complexity index is 457. The van der Waals surface area contributed by atoms with Crippen molar-refractivity contribution in [1.82, 2.24) is 5.16 Å². The predicted molar refractivity (Wildman–Crippen MR) is 56.2 cm³/mol. The molecule has 0 spiro atoms. The smallest absolute Gasteiger partial charge is 0.141 e. The molecule has 0 aliphatic heterocycles. The van der Waals surface area contributed by atoms with Crippen LogP contribution in [0.2, 0.25) is 0 Å². The Morgan fingerprint density at radius 2 is 1.86 bits per heavy atom. The van der Waals surface area contributed by atoms with Crippen molar-refractivity contribution >= 4 is 0 Å². The van der Waals surface area contributed by atoms with Gasteiger partial charge in [-0.2, -0.15) is 0 Å². The molecule has 0 fully saturated rings. The van der Waals surface area contributed by atoms with Gasteiger partial charge in [0.15, 0.2) is 0 Å². The van der Waals surface area contributed by atoms with E-state index in [2.05, 4.69) is 37.2 Å². The van der Waals surface area contributed by atoms with Crippen molar-refractivity contribution in [3.63, 3.8) is 0 Å². The van der Waals surface area contributed by atoms with Crippen LogP contribution in [0.4, 0.5) is 0 Å². The summed E-state index contributed by atoms with van der Waals surface area (Å²) in [5, 5.41) is 3.79. The van der Waals surface area contributed by atoms with E-state index in [0.29, 0.717) is 0 Å². The molecule has 0 saturated carbocycles. The minimum Gasteiger partial charge on any atom is -0.361 e. The summed E-state index contributed by atoms with van der Waals surface area (Å²) >= 11 is 0. The lowest BCUT2D eigenvalue weighted by molar-refractivity contribution is 0.398. The Hall–Kier alpha value is -1.57. The van der Waals surface area contributed by atoms with Crippen molar-refractivity contribution in [2.45, 2.75) is 20.8 Å². The normalized spacial score (nSPS) is 10.5. The number of nitrogens with zero attached hydrogens (tertiary/aromatic N) is 1. The zero-order valence-corrected chi connectivity index (χ0v) is 8.66. The van der Waals surface area contributed by atoms with Crippen LogP contribution in [0.3, 0.4) is 0 Å². The van der Waals surface area contributed by atoms with E-state index in [9.17, 15) is 0 Å². The topological polar surface area (TPSA) is 26.0 Å². The van der Waals surface area contributed by atoms with Gasteiger partial charge in [0, 0.05) is 5.56 Å². The molecule has 2 rings (SSSR count). The van der Waals surface area contributed by atoms with Gasteiger partial charge in [0.2, 0.25) is 0 Å². The summed E-state index contributed by atoms with van der Waals surface area (Å²) in [6.07, 6.45) is 1.77. The average molecular weight is 187 g/mol. The number of hydrogen-bond acceptors (Lipinski definition) is 2. The van der Waals surface area contributed by atoms with Crippen molar-refractivity contribution in [2.75, 3.05) is 0 Å². The lowest BCUT2D eigenvalue weighted by Crippen LogP contribution is -1.84. The molecule has 0 bridgehead atoms. The fourth-order valence-electron chi connectivity index (χ4n) is 1.67. The SMILES string of the molecule is Cc1ccc(-c2cnoc2C)c(C)c1. The minimum absolute atomic E-state index is 0.872. The largest absolute Gasteiger partial charge is 0.361 e. The molecular weight excluding hydrogens is 174 g/mol. The van der Waals surface area contributed by atoms with Crippen molar-refractivity contribution in [3.8, 4) is 11.1 Å². The van der Waals surface area contributed by atoms with Crippen molar-refractivity contribution in [3.05, 3.63) is 41.3 Å². The van der Waals surface area contributed by atoms with E-state index in [4.69, 9.17) is 4.52 Å². The zero-order chi connectivity index (χ0) is 10.1. The highest BCUT2D eigenvalue weighted by Crippen LogP contribution is 2.26. The van der Waals surface area contributed by atoms with Crippen LogP contribution in [0, 0.1) is 20.8 Å². The maximum absolute atomic E-state index is 5.05. The van der Waals surface area contributed by atoms with Gasteiger partial charge in [-0.25, -0.2) is 0 Å². The summed E-state index contributed by atoms with van der Waals surface area (Å²) in [4.78, 5) is 0. The lowest BCUT2D eigenvalue weighted by atomic mass is 10.00. The van der Waals surface area contributed by atoms with Crippen LogP contribution in [0.1, 0.15) is 16.9 Å². The zero-order valence-electron chi connectivity index (χ0n) is 8.66. The van der Waals surface area contributed by atoms with Crippen molar-refractivity contribution < 1.29 is 4.52 Å². The Balaban J connectivity index is 2.58. The molecule has 14 heavy (non-hydrogen) atoms. The highest BCUT2D eigenvalue weighted by molar-refractivity contribution is 5.68. The number of rotatable bonds is 1. The van der Waals surface area contributed by atoms with E-state index >= 15 is 0 Å². The first-order valence-corrected chi connectivity index (χ1v) is 4.67. The molecule has 2 nitrogen and oxygen atoms in total. The second kappa shape index (κ2) is 3.29. The highest BCUT2D eigenvalue weighted by Gasteiger charge is 2.08. The van der Waals surface area contributed by atoms with Gasteiger partial charge in [0.1, 0.15) is 5.76 Å². The van der Waals surface area contributed by atoms with Crippen LogP contribution >= 0.6 is 0 Å². The summed E-state index contributed by atoms with van der Waals surface area (Å²) in [5.41, 5.74) is 4.83. The van der Waals surface area contributed by atoms with Crippen LogP contribution < -0.4 is 0 Å². The third-order valence-corrected chi connectivity index (χ3v) is 2.42. The van der Waals surface area contributed by atoms with Gasteiger partial charge in [-0.3, -0.25) is 0 Å². The molecule has 72 valence electrons. The van der Waals surface area contributed by atoms with Crippen molar-refractivity contribution in [1.29, 1.82) is 0 Å². The fourth-order valence-corrected chi connectivity index (χ4v) is 1.67. The van der Waals surface area contributed by atoms with E-state index in [-0.39, 0.29) is 0 Å². The first-order valence-electron chi connectivity index (χ1n) is 4.67. The molecule has 0 amide bonds. The standard InChI is InChI=1S/C12H13NO/c1-8-4-5-11(9(2)6-8)12-7-13-14-10(12)3/h4-7H,1-3H3. The van der Waals surface area contributed by atoms with E-state index in [1.54, 1.807) is 6.20 Å². The maximum atomic E-state index is 5.05. The molecule has 0 aliphatic carbocycles. The van der Waals surface area contributed by atoms with Gasteiger partial charge >= 0.3 is 0 Å². The first-order chi connectivity index (χ1) is 6.68. The molecule has 2 heteroatoms. The van der Waals surface area contributed by atoms with E-state index in [1.165, 1.54) is 16.7 Å². The Labute approximate surface area is 83.5 Å². The third-order valence-electron chi connectivity index (χ3n) is 2.42. The number of hydrogen-bond donors (Lipinski definition) is 0. The quantitative estimate of drug-likeness (QED) is 0.684. The third kappa shape index (κ3) is 1.43. The van der Waals surface area contributed by atoms with Crippen molar-refractivity contribution in [2.24, 2.45) is 0 Å². The molecule has 2 aromatic rings. The number of benzene rings is 1. The van der Waals surface area contributed by atoms with Crippen LogP contribution in [0.25, 0.3) is 11.1 Å². The van der Waals surface area contributed by atoms with E-state index in [0.717, 1.165) is 11.3 Å². The predicted octanol–water partition coefficient (Wildman–Crippen LogP) is 3.27. The Kier molecular flexibility index (Phi) is 2.12. The number of aromatic nitrogens is 1. The summed E-state index contributed by atoms with van der Waals surface area (Å²) in [7, 11) is 0. The number of aryl methyl sites for hydroxylation is 3. The lowest BCUT2D eigenvalue weighted by Gasteiger charge is -2.04. The molecule has 0 N–H and O–H groups in total. The molecule has 1 heterocycles. The fraction of sp³-hybridized carbons (Fsp3) is 0.250. The van der Waals surface area contributed by atoms with Crippen LogP contribution in [-0.4, -0.2) is 5.16 Å². The maximum Gasteiger partial charge on any atom is 0.141 e. The van der Waals surface area contributed by atoms with E-state index in [1.807, 2.05) is 6.92 Å². The first kappa shape index (κ1) is 9.00. The summed E-state index contributed by atoms with van der Waals surface area (Å²) < 4.78 is 5.05. The van der Waals surface area contributed by atoms with E-state index < -0.39 is 0 Å². The van der Waals surface area contributed by atoms with Gasteiger partial charge in [0.25, 0.3) is 0 Å². The molecule has 1 aromatic carbocycles. The van der Waals surface area contributed by atoms with Crippen LogP contribution in [0.5, 0.6) is 0 Å². The molecule has 1 aromatic heterocycles. The molecule has 0 atom stereocenters. The van der Waals surface area contributed by atoms with Gasteiger partial charge in [-0.05, 0) is 31.9 Å². The minimum atomic E-state index is 0.872. The van der Waals surface area contributed by atoms with Gasteiger partial charge in [0.05, 0.1) is 6.20 Å². The summed E-state index contributed by atoms with van der Waals surface area (Å²) in [5.74, 6) is 0.872. The summed E-state index contributed by atoms with van der Waals surface area (Å²) in [6, 6.07) is 6.39.